The fourth-order valence-electron chi connectivity index (χ4n) is 4.70. The molecule has 2 atom stereocenters. The lowest BCUT2D eigenvalue weighted by molar-refractivity contribution is -0.0653. The molecule has 172 valence electrons. The van der Waals surface area contributed by atoms with Crippen molar-refractivity contribution in [2.24, 2.45) is 0 Å². The average molecular weight is 469 g/mol. The van der Waals surface area contributed by atoms with E-state index in [-0.39, 0.29) is 12.6 Å². The Balaban J connectivity index is 1.28. The van der Waals surface area contributed by atoms with Crippen molar-refractivity contribution in [2.75, 3.05) is 66.9 Å². The maximum Gasteiger partial charge on any atom is 0.227 e. The van der Waals surface area contributed by atoms with E-state index in [2.05, 4.69) is 26.0 Å². The SMILES string of the molecule is C#Cc1cnc2c(c1)OC[C@@H]1CN(c3nc4c(c(NC5(CO)COC5)n3)[S@](=O)CC4)CCN21. The summed E-state index contributed by atoms with van der Waals surface area (Å²) >= 11 is 0. The van der Waals surface area contributed by atoms with Gasteiger partial charge < -0.3 is 29.7 Å². The van der Waals surface area contributed by atoms with E-state index in [1.165, 1.54) is 0 Å². The highest BCUT2D eigenvalue weighted by Gasteiger charge is 2.41. The van der Waals surface area contributed by atoms with Gasteiger partial charge in [-0.3, -0.25) is 4.21 Å². The lowest BCUT2D eigenvalue weighted by atomic mass is 9.99. The van der Waals surface area contributed by atoms with E-state index in [1.807, 2.05) is 6.07 Å². The summed E-state index contributed by atoms with van der Waals surface area (Å²) in [6.45, 7) is 3.33. The first-order valence-corrected chi connectivity index (χ1v) is 12.3. The lowest BCUT2D eigenvalue weighted by Crippen LogP contribution is -2.59. The van der Waals surface area contributed by atoms with Crippen molar-refractivity contribution in [1.82, 2.24) is 15.0 Å². The molecule has 2 N–H and O–H groups in total. The van der Waals surface area contributed by atoms with Gasteiger partial charge >= 0.3 is 0 Å². The molecule has 33 heavy (non-hydrogen) atoms. The number of fused-ring (bicyclic) bond motifs is 4. The molecule has 2 aromatic rings. The van der Waals surface area contributed by atoms with Crippen molar-refractivity contribution in [3.05, 3.63) is 23.5 Å². The van der Waals surface area contributed by atoms with E-state index in [4.69, 9.17) is 25.9 Å². The van der Waals surface area contributed by atoms with Crippen LogP contribution in [0, 0.1) is 12.3 Å². The summed E-state index contributed by atoms with van der Waals surface area (Å²) in [6.07, 6.45) is 7.83. The Hall–Kier alpha value is -2.94. The number of pyridine rings is 1. The van der Waals surface area contributed by atoms with Crippen molar-refractivity contribution in [2.45, 2.75) is 22.9 Å². The molecule has 2 aromatic heterocycles. The number of terminal acetylenes is 1. The maximum absolute atomic E-state index is 12.6. The molecule has 6 rings (SSSR count). The molecule has 11 heteroatoms. The molecular formula is C22H24N6O4S. The first-order chi connectivity index (χ1) is 16.1. The Labute approximate surface area is 193 Å². The minimum Gasteiger partial charge on any atom is -0.487 e. The van der Waals surface area contributed by atoms with Gasteiger partial charge in [0.1, 0.15) is 22.9 Å². The predicted octanol–water partition coefficient (Wildman–Crippen LogP) is -0.223. The minimum absolute atomic E-state index is 0.0837. The van der Waals surface area contributed by atoms with Crippen LogP contribution in [0.5, 0.6) is 5.75 Å². The van der Waals surface area contributed by atoms with Gasteiger partial charge in [0, 0.05) is 49.6 Å². The minimum atomic E-state index is -1.15. The predicted molar refractivity (Wildman–Crippen MR) is 122 cm³/mol. The quantitative estimate of drug-likeness (QED) is 0.584. The molecule has 2 saturated heterocycles. The Morgan fingerprint density at radius 1 is 1.36 bits per heavy atom. The lowest BCUT2D eigenvalue weighted by Gasteiger charge is -2.45. The van der Waals surface area contributed by atoms with Gasteiger partial charge in [-0.05, 0) is 0 Å². The van der Waals surface area contributed by atoms with Crippen molar-refractivity contribution in [3.63, 3.8) is 0 Å². The van der Waals surface area contributed by atoms with Crippen LogP contribution in [0.25, 0.3) is 0 Å². The third-order valence-electron chi connectivity index (χ3n) is 6.59. The van der Waals surface area contributed by atoms with Crippen molar-refractivity contribution < 1.29 is 18.8 Å². The number of aliphatic hydroxyl groups is 1. The summed E-state index contributed by atoms with van der Waals surface area (Å²) in [5.74, 6) is 5.81. The monoisotopic (exact) mass is 468 g/mol. The second kappa shape index (κ2) is 7.83. The van der Waals surface area contributed by atoms with Gasteiger partial charge in [-0.2, -0.15) is 4.98 Å². The molecule has 0 aliphatic carbocycles. The molecule has 0 aromatic carbocycles. The summed E-state index contributed by atoms with van der Waals surface area (Å²) in [7, 11) is -1.15. The van der Waals surface area contributed by atoms with E-state index in [0.29, 0.717) is 67.3 Å². The van der Waals surface area contributed by atoms with Crippen LogP contribution >= 0.6 is 0 Å². The number of anilines is 3. The second-order valence-corrected chi connectivity index (χ2v) is 10.3. The highest BCUT2D eigenvalue weighted by Crippen LogP contribution is 2.36. The van der Waals surface area contributed by atoms with Gasteiger partial charge in [-0.25, -0.2) is 9.97 Å². The number of aliphatic hydroxyl groups excluding tert-OH is 1. The topological polar surface area (TPSA) is 113 Å². The van der Waals surface area contributed by atoms with E-state index < -0.39 is 16.3 Å². The zero-order valence-electron chi connectivity index (χ0n) is 18.0. The Morgan fingerprint density at radius 3 is 3.00 bits per heavy atom. The molecule has 0 unspecified atom stereocenters. The van der Waals surface area contributed by atoms with Crippen LogP contribution in [-0.2, 0) is 22.0 Å². The number of rotatable bonds is 4. The van der Waals surface area contributed by atoms with Crippen LogP contribution in [-0.4, -0.2) is 87.7 Å². The number of hydrogen-bond donors (Lipinski definition) is 2. The molecule has 0 saturated carbocycles. The summed E-state index contributed by atoms with van der Waals surface area (Å²) in [4.78, 5) is 19.2. The van der Waals surface area contributed by atoms with Crippen molar-refractivity contribution in [3.8, 4) is 18.1 Å². The number of aryl methyl sites for hydroxylation is 1. The average Bonchev–Trinajstić information content (AvgIpc) is 3.21. The van der Waals surface area contributed by atoms with Gasteiger partial charge in [-0.1, -0.05) is 5.92 Å². The molecule has 6 heterocycles. The number of nitrogens with one attached hydrogen (secondary N) is 1. The summed E-state index contributed by atoms with van der Waals surface area (Å²) < 4.78 is 23.9. The van der Waals surface area contributed by atoms with Crippen LogP contribution in [0.4, 0.5) is 17.6 Å². The fourth-order valence-corrected chi connectivity index (χ4v) is 6.00. The molecule has 10 nitrogen and oxygen atoms in total. The maximum atomic E-state index is 12.6. The molecule has 2 fully saturated rings. The Morgan fingerprint density at radius 2 is 2.24 bits per heavy atom. The van der Waals surface area contributed by atoms with Crippen molar-refractivity contribution in [1.29, 1.82) is 0 Å². The molecule has 0 amide bonds. The van der Waals surface area contributed by atoms with E-state index >= 15 is 0 Å². The number of hydrogen-bond acceptors (Lipinski definition) is 10. The standard InChI is InChI=1S/C22H24N6O4S/c1-2-14-7-17-20(23-8-14)28-5-4-27(9-15(28)10-32-17)21-24-16-3-6-33(30)18(16)19(25-21)26-22(11-29)12-31-13-22/h1,7-8,15,29H,3-6,9-13H2,(H,24,25,26)/t15-,33+/m0/s1. The Bertz CT molecular complexity index is 1170. The van der Waals surface area contributed by atoms with E-state index in [0.717, 1.165) is 23.8 Å². The zero-order valence-corrected chi connectivity index (χ0v) is 18.8. The first-order valence-electron chi connectivity index (χ1n) is 11.0. The van der Waals surface area contributed by atoms with E-state index in [9.17, 15) is 9.32 Å². The first kappa shape index (κ1) is 20.7. The number of nitrogens with zero attached hydrogens (tertiary/aromatic N) is 5. The third-order valence-corrected chi connectivity index (χ3v) is 8.05. The van der Waals surface area contributed by atoms with Crippen LogP contribution in [0.15, 0.2) is 17.2 Å². The van der Waals surface area contributed by atoms with Crippen molar-refractivity contribution >= 4 is 28.4 Å². The van der Waals surface area contributed by atoms with Crippen LogP contribution in [0.3, 0.4) is 0 Å². The summed E-state index contributed by atoms with van der Waals surface area (Å²) in [5, 5.41) is 13.2. The third kappa shape index (κ3) is 3.40. The van der Waals surface area contributed by atoms with Gasteiger partial charge in [0.2, 0.25) is 5.95 Å². The number of ether oxygens (including phenoxy) is 2. The zero-order chi connectivity index (χ0) is 22.6. The smallest absolute Gasteiger partial charge is 0.227 e. The number of aromatic nitrogens is 3. The largest absolute Gasteiger partial charge is 0.487 e. The number of piperazine rings is 1. The molecule has 0 bridgehead atoms. The highest BCUT2D eigenvalue weighted by atomic mass is 32.2. The summed E-state index contributed by atoms with van der Waals surface area (Å²) in [5.41, 5.74) is 0.923. The highest BCUT2D eigenvalue weighted by molar-refractivity contribution is 7.85. The second-order valence-electron chi connectivity index (χ2n) is 8.80. The normalized spacial score (nSPS) is 24.6. The molecule has 0 spiro atoms. The van der Waals surface area contributed by atoms with Gasteiger partial charge in [-0.15, -0.1) is 6.42 Å². The van der Waals surface area contributed by atoms with Gasteiger partial charge in [0.25, 0.3) is 0 Å². The van der Waals surface area contributed by atoms with Gasteiger partial charge in [0.15, 0.2) is 11.6 Å². The van der Waals surface area contributed by atoms with Crippen LogP contribution in [0.2, 0.25) is 0 Å². The molecule has 4 aliphatic rings. The van der Waals surface area contributed by atoms with E-state index in [1.54, 1.807) is 6.20 Å². The van der Waals surface area contributed by atoms with Crippen LogP contribution < -0.4 is 19.9 Å². The van der Waals surface area contributed by atoms with Gasteiger partial charge in [0.05, 0.1) is 42.4 Å². The summed E-state index contributed by atoms with van der Waals surface area (Å²) in [6, 6.07) is 1.95. The molecule has 0 radical (unpaired) electrons. The van der Waals surface area contributed by atoms with Crippen LogP contribution in [0.1, 0.15) is 11.3 Å². The molecular weight excluding hydrogens is 444 g/mol. The fraction of sp³-hybridized carbons (Fsp3) is 0.500. The Kier molecular flexibility index (Phi) is 4.90. The molecule has 4 aliphatic heterocycles.